The molecule has 17 heteroatoms. The predicted molar refractivity (Wildman–Crippen MR) is 123 cm³/mol. The number of anilines is 1. The summed E-state index contributed by atoms with van der Waals surface area (Å²) in [6.45, 7) is 1.41. The van der Waals surface area contributed by atoms with Gasteiger partial charge in [-0.3, -0.25) is 19.6 Å². The predicted octanol–water partition coefficient (Wildman–Crippen LogP) is -0.741. The zero-order valence-electron chi connectivity index (χ0n) is 18.1. The zero-order chi connectivity index (χ0) is 25.8. The molecule has 0 spiro atoms. The van der Waals surface area contributed by atoms with Crippen LogP contribution in [0.15, 0.2) is 34.8 Å². The van der Waals surface area contributed by atoms with Crippen molar-refractivity contribution in [1.29, 1.82) is 5.41 Å². The molecule has 1 fully saturated rings. The number of nitrogens with two attached hydrogens (primary N) is 2. The number of carbonyl (C=O) groups is 2. The van der Waals surface area contributed by atoms with E-state index in [2.05, 4.69) is 19.7 Å². The summed E-state index contributed by atoms with van der Waals surface area (Å²) < 4.78 is 40.0. The fraction of sp³-hybridized carbons (Fsp3) is 0.278. The highest BCUT2D eigenvalue weighted by Gasteiger charge is 2.49. The highest BCUT2D eigenvalue weighted by Crippen LogP contribution is 2.22. The number of hydrogen-bond donors (Lipinski definition) is 5. The Morgan fingerprint density at radius 2 is 2.03 bits per heavy atom. The van der Waals surface area contributed by atoms with Crippen LogP contribution in [-0.4, -0.2) is 71.7 Å². The topological polar surface area (TPSA) is 233 Å². The number of aromatic nitrogens is 1. The number of nitrogens with one attached hydrogen (secondary N) is 2. The summed E-state index contributed by atoms with van der Waals surface area (Å²) in [6.07, 6.45) is 0. The first kappa shape index (κ1) is 25.8. The second-order valence-corrected chi connectivity index (χ2v) is 8.88. The molecule has 1 aliphatic rings. The molecule has 1 saturated heterocycles. The van der Waals surface area contributed by atoms with Crippen molar-refractivity contribution >= 4 is 50.2 Å². The van der Waals surface area contributed by atoms with Gasteiger partial charge < -0.3 is 26.4 Å². The molecule has 0 aliphatic carbocycles. The molecule has 2 aromatic rings. The first-order chi connectivity index (χ1) is 16.5. The quantitative estimate of drug-likeness (QED) is 0.0609. The average Bonchev–Trinajstić information content (AvgIpc) is 3.23. The van der Waals surface area contributed by atoms with E-state index < -0.39 is 34.3 Å². The number of ether oxygens (including phenoxy) is 1. The van der Waals surface area contributed by atoms with Crippen LogP contribution in [0.2, 0.25) is 0 Å². The van der Waals surface area contributed by atoms with Crippen LogP contribution in [0.4, 0.5) is 5.13 Å². The number of carbonyl (C=O) groups excluding carboxylic acids is 2. The minimum Gasteiger partial charge on any atom is -0.490 e. The first-order valence-electron chi connectivity index (χ1n) is 9.76. The fourth-order valence-corrected chi connectivity index (χ4v) is 3.79. The van der Waals surface area contributed by atoms with Crippen LogP contribution in [0.3, 0.4) is 0 Å². The van der Waals surface area contributed by atoms with E-state index in [1.165, 1.54) is 12.3 Å². The van der Waals surface area contributed by atoms with Crippen molar-refractivity contribution in [2.45, 2.75) is 19.0 Å². The maximum Gasteiger partial charge on any atom is 0.418 e. The lowest BCUT2D eigenvalue weighted by Crippen LogP contribution is -2.70. The van der Waals surface area contributed by atoms with Gasteiger partial charge in [0.2, 0.25) is 0 Å². The summed E-state index contributed by atoms with van der Waals surface area (Å²) in [5, 5.41) is 15.6. The van der Waals surface area contributed by atoms with Gasteiger partial charge in [-0.1, -0.05) is 5.16 Å². The molecule has 0 bridgehead atoms. The molecule has 0 saturated carbocycles. The molecule has 188 valence electrons. The van der Waals surface area contributed by atoms with Crippen LogP contribution in [0.1, 0.15) is 18.2 Å². The van der Waals surface area contributed by atoms with Gasteiger partial charge in [-0.15, -0.1) is 15.6 Å². The third-order valence-electron chi connectivity index (χ3n) is 4.54. The fourth-order valence-electron chi connectivity index (χ4n) is 2.83. The van der Waals surface area contributed by atoms with E-state index in [4.69, 9.17) is 31.0 Å². The van der Waals surface area contributed by atoms with Crippen molar-refractivity contribution in [2.75, 3.05) is 18.9 Å². The summed E-state index contributed by atoms with van der Waals surface area (Å²) in [4.78, 5) is 34.1. The summed E-state index contributed by atoms with van der Waals surface area (Å²) in [5.41, 5.74) is 11.4. The number of amides is 2. The third-order valence-corrected chi connectivity index (χ3v) is 5.56. The van der Waals surface area contributed by atoms with E-state index in [1.807, 2.05) is 0 Å². The van der Waals surface area contributed by atoms with Gasteiger partial charge in [-0.05, 0) is 31.2 Å². The second-order valence-electron chi connectivity index (χ2n) is 6.99. The average molecular weight is 528 g/mol. The van der Waals surface area contributed by atoms with E-state index in [0.717, 1.165) is 11.3 Å². The Morgan fingerprint density at radius 1 is 1.34 bits per heavy atom. The van der Waals surface area contributed by atoms with Crippen LogP contribution in [0.5, 0.6) is 5.75 Å². The number of rotatable bonds is 11. The number of oxime groups is 1. The Labute approximate surface area is 203 Å². The third kappa shape index (κ3) is 6.63. The Hall–Kier alpha value is -3.80. The highest BCUT2D eigenvalue weighted by atomic mass is 32.3. The van der Waals surface area contributed by atoms with E-state index in [-0.39, 0.29) is 35.6 Å². The molecule has 0 radical (unpaired) electrons. The standard InChI is InChI=1S/C18H21N7O8S2/c1-9-13(17(27)25(9)33-35(28,29)30)23-16(26)14(12-8-34-18(21)22-12)24-32-7-6-31-11-4-2-10(3-5-11)15(19)20/h2-5,8-9,13H,6-7H2,1H3,(H3,19,20)(H2,21,22)(H,23,26)(H,28,29,30)/t9-,13+/m1/s1. The lowest BCUT2D eigenvalue weighted by Gasteiger charge is -2.42. The van der Waals surface area contributed by atoms with Crippen molar-refractivity contribution in [1.82, 2.24) is 15.4 Å². The van der Waals surface area contributed by atoms with Crippen molar-refractivity contribution < 1.29 is 36.4 Å². The largest absolute Gasteiger partial charge is 0.490 e. The number of hydrogen-bond acceptors (Lipinski definition) is 12. The van der Waals surface area contributed by atoms with Gasteiger partial charge in [0, 0.05) is 10.9 Å². The van der Waals surface area contributed by atoms with Crippen LogP contribution in [0.25, 0.3) is 0 Å². The van der Waals surface area contributed by atoms with E-state index >= 15 is 0 Å². The Balaban J connectivity index is 1.60. The molecule has 2 heterocycles. The summed E-state index contributed by atoms with van der Waals surface area (Å²) in [7, 11) is -4.90. The monoisotopic (exact) mass is 527 g/mol. The van der Waals surface area contributed by atoms with Crippen LogP contribution < -0.4 is 21.5 Å². The Bertz CT molecular complexity index is 1250. The maximum atomic E-state index is 12.8. The van der Waals surface area contributed by atoms with Crippen LogP contribution in [-0.2, 0) is 29.1 Å². The molecular formula is C18H21N7O8S2. The van der Waals surface area contributed by atoms with Gasteiger partial charge in [0.05, 0.1) is 6.04 Å². The lowest BCUT2D eigenvalue weighted by molar-refractivity contribution is -0.196. The zero-order valence-corrected chi connectivity index (χ0v) is 19.7. The molecule has 7 N–H and O–H groups in total. The lowest BCUT2D eigenvalue weighted by atomic mass is 10.00. The van der Waals surface area contributed by atoms with E-state index in [0.29, 0.717) is 16.4 Å². The number of thiazole rings is 1. The van der Waals surface area contributed by atoms with Crippen molar-refractivity contribution in [2.24, 2.45) is 10.9 Å². The van der Waals surface area contributed by atoms with Crippen molar-refractivity contribution in [3.63, 3.8) is 0 Å². The molecule has 1 aliphatic heterocycles. The van der Waals surface area contributed by atoms with Gasteiger partial charge >= 0.3 is 10.4 Å². The molecular weight excluding hydrogens is 506 g/mol. The molecule has 1 aromatic carbocycles. The van der Waals surface area contributed by atoms with Gasteiger partial charge in [0.25, 0.3) is 11.8 Å². The summed E-state index contributed by atoms with van der Waals surface area (Å²) in [6, 6.07) is 4.45. The molecule has 0 unspecified atom stereocenters. The number of nitrogens with zero attached hydrogens (tertiary/aromatic N) is 3. The molecule has 3 rings (SSSR count). The number of amidine groups is 1. The highest BCUT2D eigenvalue weighted by molar-refractivity contribution is 7.80. The maximum absolute atomic E-state index is 12.8. The molecule has 2 atom stereocenters. The van der Waals surface area contributed by atoms with E-state index in [9.17, 15) is 18.0 Å². The number of nitrogen functional groups attached to an aromatic ring is 2. The molecule has 15 nitrogen and oxygen atoms in total. The van der Waals surface area contributed by atoms with Crippen molar-refractivity contribution in [3.05, 3.63) is 40.9 Å². The smallest absolute Gasteiger partial charge is 0.418 e. The second kappa shape index (κ2) is 10.6. The number of β-lactam (4-membered cyclic amide) rings is 1. The SMILES string of the molecule is C[C@@H]1[C@H](NC(=O)C(=NOCCOc2ccc(C(=N)N)cc2)c2csc(N)n2)C(=O)N1OS(=O)(=O)O. The van der Waals surface area contributed by atoms with Gasteiger partial charge in [0.15, 0.2) is 17.5 Å². The molecule has 1 aromatic heterocycles. The Kier molecular flexibility index (Phi) is 7.85. The van der Waals surface area contributed by atoms with Gasteiger partial charge in [-0.2, -0.15) is 13.5 Å². The number of benzene rings is 1. The van der Waals surface area contributed by atoms with Crippen molar-refractivity contribution in [3.8, 4) is 5.75 Å². The minimum atomic E-state index is -4.90. The normalized spacial score (nSPS) is 18.1. The summed E-state index contributed by atoms with van der Waals surface area (Å²) >= 11 is 1.05. The Morgan fingerprint density at radius 3 is 2.57 bits per heavy atom. The minimum absolute atomic E-state index is 0.0560. The number of hydroxylamine groups is 2. The van der Waals surface area contributed by atoms with Crippen LogP contribution >= 0.6 is 11.3 Å². The van der Waals surface area contributed by atoms with Crippen LogP contribution in [0, 0.1) is 5.41 Å². The van der Waals surface area contributed by atoms with E-state index in [1.54, 1.807) is 24.3 Å². The molecule has 2 amide bonds. The first-order valence-corrected chi connectivity index (χ1v) is 12.0. The van der Waals surface area contributed by atoms with Gasteiger partial charge in [0.1, 0.15) is 29.9 Å². The summed E-state index contributed by atoms with van der Waals surface area (Å²) in [5.74, 6) is -1.31. The van der Waals surface area contributed by atoms with Gasteiger partial charge in [-0.25, -0.2) is 4.98 Å². The molecule has 35 heavy (non-hydrogen) atoms.